The van der Waals surface area contributed by atoms with Crippen molar-refractivity contribution in [2.45, 2.75) is 12.6 Å². The minimum atomic E-state index is 0.314. The van der Waals surface area contributed by atoms with Gasteiger partial charge < -0.3 is 0 Å². The van der Waals surface area contributed by atoms with E-state index in [4.69, 9.17) is 0 Å². The monoisotopic (exact) mass is 414 g/mol. The van der Waals surface area contributed by atoms with Crippen molar-refractivity contribution >= 4 is 11.3 Å². The Bertz CT molecular complexity index is 996. The molecule has 0 aliphatic carbocycles. The van der Waals surface area contributed by atoms with Gasteiger partial charge in [-0.2, -0.15) is 0 Å². The molecule has 0 saturated carbocycles. The molecular weight excluding hydrogens is 388 g/mol. The highest BCUT2D eigenvalue weighted by atomic mass is 32.1. The lowest BCUT2D eigenvalue weighted by Gasteiger charge is -2.39. The number of benzene rings is 2. The number of hydrogen-bond acceptors (Lipinski definition) is 4. The van der Waals surface area contributed by atoms with Gasteiger partial charge in [0.15, 0.2) is 5.13 Å². The zero-order valence-electron chi connectivity index (χ0n) is 17.0. The highest BCUT2D eigenvalue weighted by Gasteiger charge is 2.26. The second kappa shape index (κ2) is 8.96. The molecule has 1 aliphatic heterocycles. The van der Waals surface area contributed by atoms with Crippen LogP contribution in [0.4, 0.5) is 0 Å². The quantitative estimate of drug-likeness (QED) is 0.451. The lowest BCUT2D eigenvalue weighted by atomic mass is 9.96. The maximum Gasteiger partial charge on any atom is 0.193 e. The van der Waals surface area contributed by atoms with Gasteiger partial charge in [0.1, 0.15) is 0 Å². The van der Waals surface area contributed by atoms with Gasteiger partial charge in [-0.05, 0) is 23.3 Å². The van der Waals surface area contributed by atoms with Crippen LogP contribution in [0.15, 0.2) is 90.6 Å². The minimum absolute atomic E-state index is 0.314. The van der Waals surface area contributed by atoms with E-state index in [0.29, 0.717) is 6.04 Å². The average Bonchev–Trinajstić information content (AvgIpc) is 3.49. The van der Waals surface area contributed by atoms with Gasteiger partial charge in [-0.15, -0.1) is 11.3 Å². The molecule has 0 bridgehead atoms. The first-order chi connectivity index (χ1) is 14.9. The standard InChI is InChI=1S/C25H26N4S/c1-3-8-21(9-4-1)24(22-10-5-2-6-11-22)28-17-15-27(16-18-28)20-23-12-7-14-29(23)25-26-13-19-30-25/h1-14,19,24H,15-18,20H2. The van der Waals surface area contributed by atoms with Crippen LogP contribution in [-0.4, -0.2) is 45.5 Å². The maximum atomic E-state index is 4.47. The Morgan fingerprint density at radius 3 is 2.07 bits per heavy atom. The third-order valence-electron chi connectivity index (χ3n) is 5.85. The van der Waals surface area contributed by atoms with Crippen LogP contribution in [-0.2, 0) is 6.54 Å². The molecule has 30 heavy (non-hydrogen) atoms. The third-order valence-corrected chi connectivity index (χ3v) is 6.62. The molecule has 0 unspecified atom stereocenters. The number of nitrogens with zero attached hydrogens (tertiary/aromatic N) is 4. The molecule has 0 atom stereocenters. The van der Waals surface area contributed by atoms with E-state index in [1.165, 1.54) is 16.8 Å². The molecular formula is C25H26N4S. The first-order valence-electron chi connectivity index (χ1n) is 10.5. The first kappa shape index (κ1) is 19.2. The Labute approximate surface area is 182 Å². The van der Waals surface area contributed by atoms with E-state index in [1.807, 2.05) is 11.6 Å². The average molecular weight is 415 g/mol. The van der Waals surface area contributed by atoms with E-state index in [1.54, 1.807) is 11.3 Å². The predicted octanol–water partition coefficient (Wildman–Crippen LogP) is 4.84. The van der Waals surface area contributed by atoms with Gasteiger partial charge in [0, 0.05) is 56.2 Å². The fourth-order valence-electron chi connectivity index (χ4n) is 4.36. The third kappa shape index (κ3) is 4.10. The van der Waals surface area contributed by atoms with Crippen molar-refractivity contribution in [3.05, 3.63) is 107 Å². The minimum Gasteiger partial charge on any atom is -0.296 e. The molecule has 4 nitrogen and oxygen atoms in total. The molecule has 152 valence electrons. The summed E-state index contributed by atoms with van der Waals surface area (Å²) in [7, 11) is 0. The molecule has 5 heteroatoms. The molecule has 5 rings (SSSR count). The van der Waals surface area contributed by atoms with E-state index in [9.17, 15) is 0 Å². The van der Waals surface area contributed by atoms with Crippen molar-refractivity contribution < 1.29 is 0 Å². The van der Waals surface area contributed by atoms with Gasteiger partial charge in [0.05, 0.1) is 6.04 Å². The van der Waals surface area contributed by atoms with Crippen LogP contribution in [0.5, 0.6) is 0 Å². The van der Waals surface area contributed by atoms with Crippen molar-refractivity contribution in [2.24, 2.45) is 0 Å². The largest absolute Gasteiger partial charge is 0.296 e. The molecule has 4 aromatic rings. The molecule has 0 amide bonds. The summed E-state index contributed by atoms with van der Waals surface area (Å²) in [5.41, 5.74) is 4.05. The Hall–Kier alpha value is -2.73. The lowest BCUT2D eigenvalue weighted by Crippen LogP contribution is -2.47. The molecule has 2 aromatic heterocycles. The molecule has 1 fully saturated rings. The smallest absolute Gasteiger partial charge is 0.193 e. The van der Waals surface area contributed by atoms with E-state index in [2.05, 4.69) is 98.3 Å². The molecule has 0 N–H and O–H groups in total. The molecule has 2 aromatic carbocycles. The summed E-state index contributed by atoms with van der Waals surface area (Å²) in [4.78, 5) is 9.65. The van der Waals surface area contributed by atoms with Gasteiger partial charge >= 0.3 is 0 Å². The fraction of sp³-hybridized carbons (Fsp3) is 0.240. The van der Waals surface area contributed by atoms with Gasteiger partial charge in [0.25, 0.3) is 0 Å². The topological polar surface area (TPSA) is 24.3 Å². The second-order valence-electron chi connectivity index (χ2n) is 7.72. The molecule has 0 spiro atoms. The van der Waals surface area contributed by atoms with Crippen LogP contribution in [0, 0.1) is 0 Å². The van der Waals surface area contributed by atoms with Gasteiger partial charge in [0.2, 0.25) is 0 Å². The second-order valence-corrected chi connectivity index (χ2v) is 8.59. The molecule has 0 radical (unpaired) electrons. The first-order valence-corrected chi connectivity index (χ1v) is 11.4. The van der Waals surface area contributed by atoms with E-state index in [0.717, 1.165) is 37.9 Å². The Morgan fingerprint density at radius 1 is 0.800 bits per heavy atom. The van der Waals surface area contributed by atoms with E-state index >= 15 is 0 Å². The molecule has 1 saturated heterocycles. The summed E-state index contributed by atoms with van der Waals surface area (Å²) >= 11 is 1.68. The van der Waals surface area contributed by atoms with Crippen LogP contribution in [0.2, 0.25) is 0 Å². The number of piperazine rings is 1. The highest BCUT2D eigenvalue weighted by molar-refractivity contribution is 7.12. The van der Waals surface area contributed by atoms with Crippen molar-refractivity contribution in [1.29, 1.82) is 0 Å². The normalized spacial score (nSPS) is 15.6. The Balaban J connectivity index is 1.30. The van der Waals surface area contributed by atoms with Crippen LogP contribution in [0.25, 0.3) is 5.13 Å². The SMILES string of the molecule is c1ccc(C(c2ccccc2)N2CCN(Cc3cccn3-c3nccs3)CC2)cc1. The Morgan fingerprint density at radius 2 is 1.47 bits per heavy atom. The van der Waals surface area contributed by atoms with Gasteiger partial charge in [-0.25, -0.2) is 4.98 Å². The van der Waals surface area contributed by atoms with Crippen LogP contribution in [0.1, 0.15) is 22.9 Å². The number of hydrogen-bond donors (Lipinski definition) is 0. The van der Waals surface area contributed by atoms with Crippen LogP contribution >= 0.6 is 11.3 Å². The highest BCUT2D eigenvalue weighted by Crippen LogP contribution is 2.29. The number of aromatic nitrogens is 2. The summed E-state index contributed by atoms with van der Waals surface area (Å²) in [6.45, 7) is 5.22. The van der Waals surface area contributed by atoms with Gasteiger partial charge in [-0.3, -0.25) is 14.4 Å². The fourth-order valence-corrected chi connectivity index (χ4v) is 5.02. The van der Waals surface area contributed by atoms with Crippen molar-refractivity contribution in [2.75, 3.05) is 26.2 Å². The summed E-state index contributed by atoms with van der Waals surface area (Å²) in [6.07, 6.45) is 3.99. The summed E-state index contributed by atoms with van der Waals surface area (Å²) < 4.78 is 2.22. The van der Waals surface area contributed by atoms with Crippen molar-refractivity contribution in [1.82, 2.24) is 19.4 Å². The van der Waals surface area contributed by atoms with Crippen molar-refractivity contribution in [3.63, 3.8) is 0 Å². The number of rotatable bonds is 6. The summed E-state index contributed by atoms with van der Waals surface area (Å²) in [6, 6.07) is 26.4. The lowest BCUT2D eigenvalue weighted by molar-refractivity contribution is 0.103. The van der Waals surface area contributed by atoms with E-state index < -0.39 is 0 Å². The van der Waals surface area contributed by atoms with Gasteiger partial charge in [-0.1, -0.05) is 60.7 Å². The zero-order valence-corrected chi connectivity index (χ0v) is 17.8. The van der Waals surface area contributed by atoms with Crippen LogP contribution < -0.4 is 0 Å². The molecule has 3 heterocycles. The van der Waals surface area contributed by atoms with Crippen molar-refractivity contribution in [3.8, 4) is 5.13 Å². The number of thiazole rings is 1. The summed E-state index contributed by atoms with van der Waals surface area (Å²) in [5, 5.41) is 3.08. The molecule has 1 aliphatic rings. The van der Waals surface area contributed by atoms with E-state index in [-0.39, 0.29) is 0 Å². The van der Waals surface area contributed by atoms with Crippen LogP contribution in [0.3, 0.4) is 0 Å². The Kier molecular flexibility index (Phi) is 5.75. The maximum absolute atomic E-state index is 4.47. The zero-order chi connectivity index (χ0) is 20.2. The predicted molar refractivity (Wildman–Crippen MR) is 123 cm³/mol. The summed E-state index contributed by atoms with van der Waals surface area (Å²) in [5.74, 6) is 0.